The number of rotatable bonds is 9. The summed E-state index contributed by atoms with van der Waals surface area (Å²) in [6, 6.07) is 19.7. The Morgan fingerprint density at radius 2 is 1.74 bits per heavy atom. The van der Waals surface area contributed by atoms with E-state index in [1.807, 2.05) is 41.3 Å². The third-order valence-electron chi connectivity index (χ3n) is 10.5. The molecule has 2 aromatic heterocycles. The van der Waals surface area contributed by atoms with Gasteiger partial charge in [0.05, 0.1) is 34.1 Å². The summed E-state index contributed by atoms with van der Waals surface area (Å²) >= 11 is 2.89. The van der Waals surface area contributed by atoms with Crippen molar-refractivity contribution in [1.82, 2.24) is 34.8 Å². The van der Waals surface area contributed by atoms with E-state index in [9.17, 15) is 13.6 Å². The van der Waals surface area contributed by atoms with Gasteiger partial charge in [-0.15, -0.1) is 5.10 Å². The second-order valence-electron chi connectivity index (χ2n) is 13.8. The molecule has 1 saturated carbocycles. The Morgan fingerprint density at radius 3 is 2.52 bits per heavy atom. The number of aromatic nitrogens is 5. The van der Waals surface area contributed by atoms with Crippen molar-refractivity contribution < 1.29 is 13.6 Å². The fourth-order valence-electron chi connectivity index (χ4n) is 7.47. The Balaban J connectivity index is 0.885. The molecule has 5 aromatic rings. The second kappa shape index (κ2) is 13.3. The lowest BCUT2D eigenvalue weighted by molar-refractivity contribution is -0.133. The summed E-state index contributed by atoms with van der Waals surface area (Å²) < 4.78 is 30.0. The average Bonchev–Trinajstić information content (AvgIpc) is 3.49. The van der Waals surface area contributed by atoms with Crippen molar-refractivity contribution in [3.05, 3.63) is 83.0 Å². The lowest BCUT2D eigenvalue weighted by Gasteiger charge is -2.36. The largest absolute Gasteiger partial charge is 0.396 e. The van der Waals surface area contributed by atoms with Crippen LogP contribution < -0.4 is 10.6 Å². The van der Waals surface area contributed by atoms with Crippen molar-refractivity contribution in [2.45, 2.75) is 44.7 Å². The highest BCUT2D eigenvalue weighted by molar-refractivity contribution is 9.10. The van der Waals surface area contributed by atoms with Gasteiger partial charge in [-0.05, 0) is 65.7 Å². The van der Waals surface area contributed by atoms with E-state index >= 15 is 0 Å². The van der Waals surface area contributed by atoms with Crippen molar-refractivity contribution in [2.75, 3.05) is 49.9 Å². The van der Waals surface area contributed by atoms with Crippen molar-refractivity contribution in [1.29, 1.82) is 0 Å². The fraction of sp³-hybridized carbons (Fsp3) is 0.378. The highest BCUT2D eigenvalue weighted by Gasteiger charge is 2.47. The molecule has 3 aliphatic rings. The van der Waals surface area contributed by atoms with Crippen LogP contribution in [0.4, 0.5) is 20.4 Å². The number of hydrogen-bond donors (Lipinski definition) is 1. The first kappa shape index (κ1) is 32.7. The first-order valence-corrected chi connectivity index (χ1v) is 18.0. The third-order valence-corrected chi connectivity index (χ3v) is 11.2. The Labute approximate surface area is 297 Å². The van der Waals surface area contributed by atoms with E-state index in [4.69, 9.17) is 15.7 Å². The number of carbonyl (C=O) groups is 1. The number of amides is 1. The maximum absolute atomic E-state index is 14.4. The quantitative estimate of drug-likeness (QED) is 0.141. The maximum atomic E-state index is 14.4. The van der Waals surface area contributed by atoms with E-state index in [0.717, 1.165) is 60.9 Å². The molecule has 2 N–H and O–H groups in total. The minimum absolute atomic E-state index is 0.00267. The predicted molar refractivity (Wildman–Crippen MR) is 192 cm³/mol. The molecule has 8 rings (SSSR count). The molecule has 2 saturated heterocycles. The monoisotopic (exact) mass is 741 g/mol. The van der Waals surface area contributed by atoms with E-state index in [-0.39, 0.29) is 33.1 Å². The molecule has 258 valence electrons. The van der Waals surface area contributed by atoms with Crippen LogP contribution in [0, 0.1) is 17.0 Å². The Kier molecular flexibility index (Phi) is 8.72. The minimum Gasteiger partial charge on any atom is -0.396 e. The van der Waals surface area contributed by atoms with Crippen LogP contribution in [-0.2, 0) is 11.3 Å². The summed E-state index contributed by atoms with van der Waals surface area (Å²) in [5.74, 6) is -0.674. The van der Waals surface area contributed by atoms with E-state index < -0.39 is 11.6 Å². The molecule has 2 aliphatic heterocycles. The molecule has 1 aliphatic carbocycles. The number of halogens is 3. The van der Waals surface area contributed by atoms with E-state index in [1.165, 1.54) is 6.07 Å². The molecule has 0 radical (unpaired) electrons. The summed E-state index contributed by atoms with van der Waals surface area (Å²) in [6.45, 7) is 5.09. The summed E-state index contributed by atoms with van der Waals surface area (Å²) in [5, 5.41) is 9.44. The second-order valence-corrected chi connectivity index (χ2v) is 14.6. The lowest BCUT2D eigenvalue weighted by Crippen LogP contribution is -2.50. The summed E-state index contributed by atoms with van der Waals surface area (Å²) in [7, 11) is 0. The molecule has 0 spiro atoms. The van der Waals surface area contributed by atoms with Crippen LogP contribution in [-0.4, -0.2) is 86.0 Å². The SMILES string of the molecule is Nc1c(-c2cn(CC3CCCN3CC3(CC(=O)N4CCN(c5nc(-c6ccccc6)c6ccccc6n5)CC4)CC3)nn2)cc(F)c(Br)c1F. The first-order chi connectivity index (χ1) is 24.3. The van der Waals surface area contributed by atoms with Crippen LogP contribution in [0.15, 0.2) is 71.3 Å². The van der Waals surface area contributed by atoms with Crippen LogP contribution >= 0.6 is 15.9 Å². The number of benzene rings is 3. The zero-order valence-corrected chi connectivity index (χ0v) is 29.2. The topological polar surface area (TPSA) is 109 Å². The van der Waals surface area contributed by atoms with Gasteiger partial charge in [0.25, 0.3) is 0 Å². The number of piperazine rings is 1. The predicted octanol–water partition coefficient (Wildman–Crippen LogP) is 6.16. The van der Waals surface area contributed by atoms with Gasteiger partial charge in [-0.2, -0.15) is 0 Å². The summed E-state index contributed by atoms with van der Waals surface area (Å²) in [4.78, 5) is 30.3. The minimum atomic E-state index is -0.848. The normalized spacial score (nSPS) is 19.0. The number of fused-ring (bicyclic) bond motifs is 1. The smallest absolute Gasteiger partial charge is 0.226 e. The Hall–Kier alpha value is -4.49. The molecule has 3 fully saturated rings. The van der Waals surface area contributed by atoms with Crippen molar-refractivity contribution in [3.63, 3.8) is 0 Å². The maximum Gasteiger partial charge on any atom is 0.226 e. The highest BCUT2D eigenvalue weighted by atomic mass is 79.9. The molecule has 4 heterocycles. The number of nitrogen functional groups attached to an aromatic ring is 1. The van der Waals surface area contributed by atoms with E-state index in [0.29, 0.717) is 50.8 Å². The number of nitrogens with two attached hydrogens (primary N) is 1. The molecule has 13 heteroatoms. The number of para-hydroxylation sites is 1. The zero-order valence-electron chi connectivity index (χ0n) is 27.6. The summed E-state index contributed by atoms with van der Waals surface area (Å²) in [6.07, 6.45) is 6.40. The average molecular weight is 743 g/mol. The van der Waals surface area contributed by atoms with E-state index in [2.05, 4.69) is 54.2 Å². The molecule has 1 amide bonds. The molecular formula is C37H38BrF2N9O. The van der Waals surface area contributed by atoms with Gasteiger partial charge < -0.3 is 15.5 Å². The fourth-order valence-corrected chi connectivity index (χ4v) is 7.79. The third kappa shape index (κ3) is 6.44. The molecule has 10 nitrogen and oxygen atoms in total. The van der Waals surface area contributed by atoms with Crippen molar-refractivity contribution >= 4 is 44.4 Å². The molecule has 1 atom stereocenters. The van der Waals surface area contributed by atoms with Crippen molar-refractivity contribution in [2.24, 2.45) is 5.41 Å². The van der Waals surface area contributed by atoms with Crippen LogP contribution in [0.1, 0.15) is 32.1 Å². The van der Waals surface area contributed by atoms with Gasteiger partial charge in [0.15, 0.2) is 5.82 Å². The van der Waals surface area contributed by atoms with Gasteiger partial charge in [-0.1, -0.05) is 53.7 Å². The molecule has 3 aromatic carbocycles. The van der Waals surface area contributed by atoms with Gasteiger partial charge in [-0.25, -0.2) is 18.7 Å². The zero-order chi connectivity index (χ0) is 34.4. The number of hydrogen-bond acceptors (Lipinski definition) is 8. The molecular weight excluding hydrogens is 704 g/mol. The first-order valence-electron chi connectivity index (χ1n) is 17.2. The number of nitrogens with zero attached hydrogens (tertiary/aromatic N) is 8. The number of likely N-dealkylation sites (tertiary alicyclic amines) is 1. The van der Waals surface area contributed by atoms with Gasteiger partial charge in [0, 0.05) is 61.7 Å². The standard InChI is InChI=1S/C37H38BrF2N9O/c38-32-28(39)19-27(34(41)33(32)40)30-22-49(45-44-30)21-25-9-6-14-48(25)23-37(12-13-37)20-31(50)46-15-17-47(18-16-46)36-42-29-11-5-4-10-26(29)35(43-36)24-7-2-1-3-8-24/h1-5,7-8,10-11,19,22,25H,6,9,12-18,20-21,23,41H2. The van der Waals surface area contributed by atoms with Gasteiger partial charge >= 0.3 is 0 Å². The number of anilines is 2. The Morgan fingerprint density at radius 1 is 0.980 bits per heavy atom. The number of carbonyl (C=O) groups excluding carboxylic acids is 1. The molecule has 0 bridgehead atoms. The van der Waals surface area contributed by atoms with Crippen molar-refractivity contribution in [3.8, 4) is 22.5 Å². The molecule has 50 heavy (non-hydrogen) atoms. The van der Waals surface area contributed by atoms with Gasteiger partial charge in [0.2, 0.25) is 11.9 Å². The lowest BCUT2D eigenvalue weighted by atomic mass is 10.00. The van der Waals surface area contributed by atoms with Crippen LogP contribution in [0.2, 0.25) is 0 Å². The van der Waals surface area contributed by atoms with Crippen LogP contribution in [0.3, 0.4) is 0 Å². The highest BCUT2D eigenvalue weighted by Crippen LogP contribution is 2.50. The Bertz CT molecular complexity index is 2050. The van der Waals surface area contributed by atoms with Gasteiger partial charge in [0.1, 0.15) is 11.5 Å². The summed E-state index contributed by atoms with van der Waals surface area (Å²) in [5.41, 5.74) is 9.15. The van der Waals surface area contributed by atoms with Gasteiger partial charge in [-0.3, -0.25) is 14.4 Å². The van der Waals surface area contributed by atoms with Crippen LogP contribution in [0.25, 0.3) is 33.4 Å². The van der Waals surface area contributed by atoms with Crippen LogP contribution in [0.5, 0.6) is 0 Å². The molecule has 1 unspecified atom stereocenters. The van der Waals surface area contributed by atoms with E-state index in [1.54, 1.807) is 10.9 Å².